The van der Waals surface area contributed by atoms with E-state index in [2.05, 4.69) is 4.99 Å². The van der Waals surface area contributed by atoms with Crippen molar-refractivity contribution in [2.45, 2.75) is 24.1 Å². The Hall–Kier alpha value is -1.90. The quantitative estimate of drug-likeness (QED) is 0.676. The first-order valence-corrected chi connectivity index (χ1v) is 12.6. The number of rotatable bonds is 5. The lowest BCUT2D eigenvalue weighted by molar-refractivity contribution is -0.117. The van der Waals surface area contributed by atoms with Gasteiger partial charge in [0.05, 0.1) is 24.0 Å². The normalized spacial score (nSPS) is 23.7. The van der Waals surface area contributed by atoms with Crippen LogP contribution < -0.4 is 0 Å². The average Bonchev–Trinajstić information content (AvgIpc) is 3.14. The zero-order valence-electron chi connectivity index (χ0n) is 16.0. The van der Waals surface area contributed by atoms with E-state index in [1.807, 2.05) is 4.90 Å². The minimum atomic E-state index is -3.10. The van der Waals surface area contributed by atoms with Crippen molar-refractivity contribution >= 4 is 44.3 Å². The second-order valence-corrected chi connectivity index (χ2v) is 11.3. The van der Waals surface area contributed by atoms with Gasteiger partial charge in [-0.25, -0.2) is 12.8 Å². The number of thioether (sulfide) groups is 1. The number of amidine groups is 1. The van der Waals surface area contributed by atoms with Crippen molar-refractivity contribution in [3.63, 3.8) is 0 Å². The standard InChI is InChI=1S/C21H20ClFN2O3S2/c22-16-5-1-15(2-6-16)11-20(26)24-21-25(10-9-14-3-7-17(23)8-4-14)18-12-30(27,28)13-19(18)29-21/h1-8,18-19H,9-13H2/t18-,19+/m1/s1. The Morgan fingerprint density at radius 2 is 1.77 bits per heavy atom. The number of benzene rings is 2. The smallest absolute Gasteiger partial charge is 0.252 e. The molecular formula is C21H20ClFN2O3S2. The Kier molecular flexibility index (Phi) is 6.18. The van der Waals surface area contributed by atoms with Crippen LogP contribution in [0.25, 0.3) is 0 Å². The summed E-state index contributed by atoms with van der Waals surface area (Å²) in [5.41, 5.74) is 1.76. The van der Waals surface area contributed by atoms with Gasteiger partial charge in [0.15, 0.2) is 15.0 Å². The minimum absolute atomic E-state index is 0.0679. The van der Waals surface area contributed by atoms with Crippen LogP contribution in [0.1, 0.15) is 11.1 Å². The predicted molar refractivity (Wildman–Crippen MR) is 118 cm³/mol. The van der Waals surface area contributed by atoms with Crippen molar-refractivity contribution in [2.75, 3.05) is 18.1 Å². The zero-order chi connectivity index (χ0) is 21.3. The van der Waals surface area contributed by atoms with Crippen molar-refractivity contribution in [3.05, 3.63) is 70.5 Å². The van der Waals surface area contributed by atoms with Crippen LogP contribution >= 0.6 is 23.4 Å². The van der Waals surface area contributed by atoms with Crippen molar-refractivity contribution in [1.29, 1.82) is 0 Å². The fraction of sp³-hybridized carbons (Fsp3) is 0.333. The molecule has 0 spiro atoms. The van der Waals surface area contributed by atoms with E-state index in [-0.39, 0.29) is 40.9 Å². The highest BCUT2D eigenvalue weighted by Gasteiger charge is 2.48. The number of carbonyl (C=O) groups is 1. The first-order valence-electron chi connectivity index (χ1n) is 9.53. The van der Waals surface area contributed by atoms with Crippen LogP contribution in [0, 0.1) is 5.82 Å². The van der Waals surface area contributed by atoms with Gasteiger partial charge in [-0.15, -0.1) is 0 Å². The summed E-state index contributed by atoms with van der Waals surface area (Å²) in [4.78, 5) is 18.8. The number of amides is 1. The summed E-state index contributed by atoms with van der Waals surface area (Å²) in [5, 5.41) is 1.05. The van der Waals surface area contributed by atoms with E-state index >= 15 is 0 Å². The molecule has 158 valence electrons. The molecule has 0 unspecified atom stereocenters. The molecule has 0 radical (unpaired) electrons. The molecule has 2 aliphatic heterocycles. The molecule has 2 atom stereocenters. The molecule has 30 heavy (non-hydrogen) atoms. The molecule has 2 aromatic carbocycles. The molecule has 4 rings (SSSR count). The van der Waals surface area contributed by atoms with Gasteiger partial charge in [0, 0.05) is 16.8 Å². The van der Waals surface area contributed by atoms with Crippen molar-refractivity contribution in [3.8, 4) is 0 Å². The van der Waals surface area contributed by atoms with Crippen molar-refractivity contribution in [1.82, 2.24) is 4.90 Å². The molecule has 2 aromatic rings. The lowest BCUT2D eigenvalue weighted by atomic mass is 10.1. The predicted octanol–water partition coefficient (Wildman–Crippen LogP) is 3.36. The summed E-state index contributed by atoms with van der Waals surface area (Å²) < 4.78 is 37.4. The van der Waals surface area contributed by atoms with Crippen molar-refractivity contribution in [2.24, 2.45) is 4.99 Å². The monoisotopic (exact) mass is 466 g/mol. The molecule has 0 saturated carbocycles. The van der Waals surface area contributed by atoms with Gasteiger partial charge >= 0.3 is 0 Å². The number of sulfone groups is 1. The van der Waals surface area contributed by atoms with E-state index in [1.54, 1.807) is 36.4 Å². The third-order valence-electron chi connectivity index (χ3n) is 5.22. The van der Waals surface area contributed by atoms with Gasteiger partial charge in [0.1, 0.15) is 5.82 Å². The van der Waals surface area contributed by atoms with E-state index < -0.39 is 9.84 Å². The Balaban J connectivity index is 1.50. The summed E-state index contributed by atoms with van der Waals surface area (Å²) in [6, 6.07) is 13.1. The summed E-state index contributed by atoms with van der Waals surface area (Å²) in [6.45, 7) is 0.516. The van der Waals surface area contributed by atoms with Gasteiger partial charge in [-0.1, -0.05) is 47.6 Å². The summed E-state index contributed by atoms with van der Waals surface area (Å²) >= 11 is 7.25. The van der Waals surface area contributed by atoms with Gasteiger partial charge in [-0.05, 0) is 41.8 Å². The fourth-order valence-electron chi connectivity index (χ4n) is 3.72. The molecule has 1 amide bonds. The highest BCUT2D eigenvalue weighted by atomic mass is 35.5. The van der Waals surface area contributed by atoms with E-state index in [0.29, 0.717) is 23.2 Å². The second kappa shape index (κ2) is 8.69. The number of carbonyl (C=O) groups excluding carboxylic acids is 1. The first kappa shape index (κ1) is 21.3. The SMILES string of the molecule is O=C(Cc1ccc(Cl)cc1)N=C1S[C@H]2CS(=O)(=O)C[C@H]2N1CCc1ccc(F)cc1. The topological polar surface area (TPSA) is 66.8 Å². The third kappa shape index (κ3) is 5.04. The molecule has 5 nitrogen and oxygen atoms in total. The van der Waals surface area contributed by atoms with Crippen LogP contribution in [-0.4, -0.2) is 53.7 Å². The molecule has 9 heteroatoms. The third-order valence-corrected chi connectivity index (χ3v) is 8.72. The Morgan fingerprint density at radius 3 is 2.47 bits per heavy atom. The average molecular weight is 467 g/mol. The van der Waals surface area contributed by atoms with E-state index in [0.717, 1.165) is 11.1 Å². The molecule has 0 bridgehead atoms. The first-order chi connectivity index (χ1) is 14.3. The maximum Gasteiger partial charge on any atom is 0.252 e. The summed E-state index contributed by atoms with van der Waals surface area (Å²) in [5.74, 6) is -0.417. The van der Waals surface area contributed by atoms with Crippen LogP contribution in [0.2, 0.25) is 5.02 Å². The van der Waals surface area contributed by atoms with Gasteiger partial charge < -0.3 is 4.90 Å². The maximum atomic E-state index is 13.2. The van der Waals surface area contributed by atoms with Crippen molar-refractivity contribution < 1.29 is 17.6 Å². The highest BCUT2D eigenvalue weighted by Crippen LogP contribution is 2.38. The van der Waals surface area contributed by atoms with Gasteiger partial charge in [0.2, 0.25) is 0 Å². The number of halogens is 2. The molecule has 0 aliphatic carbocycles. The van der Waals surface area contributed by atoms with Gasteiger partial charge in [-0.2, -0.15) is 4.99 Å². The molecule has 0 aromatic heterocycles. The maximum absolute atomic E-state index is 13.2. The van der Waals surface area contributed by atoms with Crippen LogP contribution in [-0.2, 0) is 27.5 Å². The number of hydrogen-bond donors (Lipinski definition) is 0. The second-order valence-electron chi connectivity index (χ2n) is 7.46. The molecule has 2 fully saturated rings. The van der Waals surface area contributed by atoms with Gasteiger partial charge in [-0.3, -0.25) is 4.79 Å². The Morgan fingerprint density at radius 1 is 1.10 bits per heavy atom. The summed E-state index contributed by atoms with van der Waals surface area (Å²) in [6.07, 6.45) is 0.759. The van der Waals surface area contributed by atoms with Crippen LogP contribution in [0.3, 0.4) is 0 Å². The summed E-state index contributed by atoms with van der Waals surface area (Å²) in [7, 11) is -3.10. The molecular weight excluding hydrogens is 447 g/mol. The number of nitrogens with zero attached hydrogens (tertiary/aromatic N) is 2. The molecule has 2 aliphatic rings. The molecule has 2 heterocycles. The lowest BCUT2D eigenvalue weighted by Gasteiger charge is -2.24. The molecule has 2 saturated heterocycles. The van der Waals surface area contributed by atoms with E-state index in [9.17, 15) is 17.6 Å². The Bertz CT molecular complexity index is 1070. The lowest BCUT2D eigenvalue weighted by Crippen LogP contribution is -2.39. The van der Waals surface area contributed by atoms with Crippen LogP contribution in [0.4, 0.5) is 4.39 Å². The minimum Gasteiger partial charge on any atom is -0.346 e. The zero-order valence-corrected chi connectivity index (χ0v) is 18.4. The van der Waals surface area contributed by atoms with E-state index in [4.69, 9.17) is 11.6 Å². The van der Waals surface area contributed by atoms with Crippen LogP contribution in [0.15, 0.2) is 53.5 Å². The highest BCUT2D eigenvalue weighted by molar-refractivity contribution is 8.15. The Labute approximate surface area is 184 Å². The van der Waals surface area contributed by atoms with Crippen LogP contribution in [0.5, 0.6) is 0 Å². The number of hydrogen-bond acceptors (Lipinski definition) is 4. The molecule has 0 N–H and O–H groups in total. The fourth-order valence-corrected chi connectivity index (χ4v) is 7.84. The largest absolute Gasteiger partial charge is 0.346 e. The number of fused-ring (bicyclic) bond motifs is 1. The van der Waals surface area contributed by atoms with Gasteiger partial charge in [0.25, 0.3) is 5.91 Å². The van der Waals surface area contributed by atoms with E-state index in [1.165, 1.54) is 23.9 Å². The number of aliphatic imine (C=N–C) groups is 1.